The number of halogens is 1. The fourth-order valence-corrected chi connectivity index (χ4v) is 3.05. The zero-order valence-electron chi connectivity index (χ0n) is 13.9. The third-order valence-corrected chi connectivity index (χ3v) is 4.76. The summed E-state index contributed by atoms with van der Waals surface area (Å²) >= 11 is 6.39. The van der Waals surface area contributed by atoms with Gasteiger partial charge in [-0.2, -0.15) is 0 Å². The fraction of sp³-hybridized carbons (Fsp3) is 0.312. The summed E-state index contributed by atoms with van der Waals surface area (Å²) in [4.78, 5) is 47.3. The maximum absolute atomic E-state index is 12.3. The number of hydrogen-bond acceptors (Lipinski definition) is 7. The van der Waals surface area contributed by atoms with Crippen molar-refractivity contribution < 1.29 is 24.0 Å². The molecule has 1 fully saturated rings. The molecule has 10 heteroatoms. The van der Waals surface area contributed by atoms with E-state index in [4.69, 9.17) is 16.3 Å². The van der Waals surface area contributed by atoms with E-state index in [1.54, 1.807) is 6.92 Å². The largest absolute Gasteiger partial charge is 0.461 e. The van der Waals surface area contributed by atoms with E-state index in [2.05, 4.69) is 0 Å². The number of imide groups is 1. The highest BCUT2D eigenvalue weighted by Crippen LogP contribution is 2.33. The summed E-state index contributed by atoms with van der Waals surface area (Å²) < 4.78 is 5.06. The van der Waals surface area contributed by atoms with Gasteiger partial charge < -0.3 is 4.74 Å². The van der Waals surface area contributed by atoms with Crippen molar-refractivity contribution in [3.8, 4) is 0 Å². The molecule has 0 aliphatic carbocycles. The van der Waals surface area contributed by atoms with E-state index in [0.29, 0.717) is 23.7 Å². The Balaban J connectivity index is 2.18. The van der Waals surface area contributed by atoms with E-state index in [-0.39, 0.29) is 21.7 Å². The second-order valence-electron chi connectivity index (χ2n) is 5.44. The summed E-state index contributed by atoms with van der Waals surface area (Å²) in [6.07, 6.45) is 1.64. The standard InChI is InChI=1S/C16H15ClN2O6S/c1-3-9(2)25-14(20)8-18-15(21)13(26-16(18)22)7-10-4-5-11(17)12(6-10)19(23)24/h4-7,9H,3,8H2,1-2H3/b13-7-/t9-/m1/s1. The Morgan fingerprint density at radius 3 is 2.77 bits per heavy atom. The number of thioether (sulfide) groups is 1. The summed E-state index contributed by atoms with van der Waals surface area (Å²) in [5, 5.41) is 10.3. The molecule has 1 saturated heterocycles. The Morgan fingerprint density at radius 1 is 1.46 bits per heavy atom. The molecule has 0 saturated carbocycles. The third-order valence-electron chi connectivity index (χ3n) is 3.53. The van der Waals surface area contributed by atoms with Crippen LogP contribution in [0.1, 0.15) is 25.8 Å². The second kappa shape index (κ2) is 8.33. The van der Waals surface area contributed by atoms with Crippen molar-refractivity contribution in [1.29, 1.82) is 0 Å². The van der Waals surface area contributed by atoms with Gasteiger partial charge in [0, 0.05) is 6.07 Å². The van der Waals surface area contributed by atoms with E-state index >= 15 is 0 Å². The summed E-state index contributed by atoms with van der Waals surface area (Å²) in [5.41, 5.74) is 0.0329. The van der Waals surface area contributed by atoms with E-state index in [1.807, 2.05) is 6.92 Å². The van der Waals surface area contributed by atoms with Gasteiger partial charge in [0.05, 0.1) is 15.9 Å². The van der Waals surface area contributed by atoms with Gasteiger partial charge in [-0.3, -0.25) is 29.4 Å². The number of nitrogens with zero attached hydrogens (tertiary/aromatic N) is 2. The molecule has 1 aromatic rings. The summed E-state index contributed by atoms with van der Waals surface area (Å²) in [6.45, 7) is 3.07. The first-order valence-corrected chi connectivity index (χ1v) is 8.81. The second-order valence-corrected chi connectivity index (χ2v) is 6.84. The quantitative estimate of drug-likeness (QED) is 0.311. The number of amides is 2. The van der Waals surface area contributed by atoms with Crippen LogP contribution in [0.25, 0.3) is 6.08 Å². The van der Waals surface area contributed by atoms with Crippen molar-refractivity contribution >= 4 is 52.2 Å². The van der Waals surface area contributed by atoms with Gasteiger partial charge in [-0.1, -0.05) is 24.6 Å². The van der Waals surface area contributed by atoms with Crippen LogP contribution in [-0.4, -0.2) is 39.6 Å². The average Bonchev–Trinajstić information content (AvgIpc) is 2.83. The summed E-state index contributed by atoms with van der Waals surface area (Å²) in [6, 6.07) is 4.02. The topological polar surface area (TPSA) is 107 Å². The molecule has 2 amide bonds. The SMILES string of the molecule is CC[C@@H](C)OC(=O)CN1C(=O)S/C(=C\c2ccc(Cl)c([N+](=O)[O-])c2)C1=O. The number of carbonyl (C=O) groups excluding carboxylic acids is 3. The Morgan fingerprint density at radius 2 is 2.15 bits per heavy atom. The van der Waals surface area contributed by atoms with Crippen molar-refractivity contribution in [2.45, 2.75) is 26.4 Å². The van der Waals surface area contributed by atoms with E-state index < -0.39 is 28.6 Å². The predicted octanol–water partition coefficient (Wildman–Crippen LogP) is 3.63. The van der Waals surface area contributed by atoms with Crippen LogP contribution in [0.5, 0.6) is 0 Å². The first-order valence-electron chi connectivity index (χ1n) is 7.61. The monoisotopic (exact) mass is 398 g/mol. The normalized spacial score (nSPS) is 16.9. The molecule has 1 aliphatic heterocycles. The molecule has 0 unspecified atom stereocenters. The lowest BCUT2D eigenvalue weighted by molar-refractivity contribution is -0.384. The van der Waals surface area contributed by atoms with Gasteiger partial charge in [-0.05, 0) is 42.8 Å². The van der Waals surface area contributed by atoms with Crippen LogP contribution in [0.2, 0.25) is 5.02 Å². The Bertz CT molecular complexity index is 810. The van der Waals surface area contributed by atoms with Gasteiger partial charge in [-0.15, -0.1) is 0 Å². The predicted molar refractivity (Wildman–Crippen MR) is 96.6 cm³/mol. The van der Waals surface area contributed by atoms with Gasteiger partial charge in [0.15, 0.2) is 0 Å². The number of rotatable bonds is 6. The average molecular weight is 399 g/mol. The molecule has 1 aliphatic rings. The summed E-state index contributed by atoms with van der Waals surface area (Å²) in [7, 11) is 0. The molecule has 2 rings (SSSR count). The zero-order chi connectivity index (χ0) is 19.4. The Kier molecular flexibility index (Phi) is 6.38. The van der Waals surface area contributed by atoms with Crippen LogP contribution in [0.3, 0.4) is 0 Å². The number of benzene rings is 1. The van der Waals surface area contributed by atoms with E-state index in [1.165, 1.54) is 24.3 Å². The number of nitro groups is 1. The molecule has 1 atom stereocenters. The highest BCUT2D eigenvalue weighted by atomic mass is 35.5. The maximum Gasteiger partial charge on any atom is 0.326 e. The molecule has 0 radical (unpaired) electrons. The van der Waals surface area contributed by atoms with Crippen LogP contribution >= 0.6 is 23.4 Å². The van der Waals surface area contributed by atoms with Gasteiger partial charge >= 0.3 is 5.97 Å². The van der Waals surface area contributed by atoms with Crippen molar-refractivity contribution in [2.24, 2.45) is 0 Å². The molecule has 1 aromatic carbocycles. The number of esters is 1. The molecule has 0 bridgehead atoms. The third kappa shape index (κ3) is 4.61. The Labute approximate surface area is 158 Å². The minimum atomic E-state index is -0.676. The van der Waals surface area contributed by atoms with Gasteiger partial charge in [0.25, 0.3) is 16.8 Å². The number of ether oxygens (including phenoxy) is 1. The maximum atomic E-state index is 12.3. The van der Waals surface area contributed by atoms with Crippen LogP contribution in [-0.2, 0) is 14.3 Å². The number of hydrogen-bond donors (Lipinski definition) is 0. The molecule has 1 heterocycles. The van der Waals surface area contributed by atoms with Crippen LogP contribution in [0.15, 0.2) is 23.1 Å². The summed E-state index contributed by atoms with van der Waals surface area (Å²) in [5.74, 6) is -1.33. The molecule has 8 nitrogen and oxygen atoms in total. The highest BCUT2D eigenvalue weighted by Gasteiger charge is 2.37. The molecule has 138 valence electrons. The molecule has 0 aromatic heterocycles. The van der Waals surface area contributed by atoms with Crippen molar-refractivity contribution in [3.63, 3.8) is 0 Å². The van der Waals surface area contributed by atoms with Crippen LogP contribution < -0.4 is 0 Å². The molecule has 0 N–H and O–H groups in total. The van der Waals surface area contributed by atoms with Crippen LogP contribution in [0, 0.1) is 10.1 Å². The Hall–Kier alpha value is -2.39. The molecular formula is C16H15ClN2O6S. The minimum absolute atomic E-state index is 0.0342. The fourth-order valence-electron chi connectivity index (χ4n) is 2.02. The molecular weight excluding hydrogens is 384 g/mol. The van der Waals surface area contributed by atoms with Gasteiger partial charge in [0.1, 0.15) is 11.6 Å². The molecule has 0 spiro atoms. The number of nitro benzene ring substituents is 1. The van der Waals surface area contributed by atoms with E-state index in [9.17, 15) is 24.5 Å². The van der Waals surface area contributed by atoms with Crippen molar-refractivity contribution in [1.82, 2.24) is 4.90 Å². The van der Waals surface area contributed by atoms with Crippen molar-refractivity contribution in [3.05, 3.63) is 43.8 Å². The lowest BCUT2D eigenvalue weighted by Crippen LogP contribution is -2.35. The van der Waals surface area contributed by atoms with E-state index in [0.717, 1.165) is 4.90 Å². The first-order chi connectivity index (χ1) is 12.2. The molecule has 26 heavy (non-hydrogen) atoms. The van der Waals surface area contributed by atoms with Crippen molar-refractivity contribution in [2.75, 3.05) is 6.54 Å². The zero-order valence-corrected chi connectivity index (χ0v) is 15.5. The minimum Gasteiger partial charge on any atom is -0.461 e. The van der Waals surface area contributed by atoms with Gasteiger partial charge in [-0.25, -0.2) is 0 Å². The first kappa shape index (κ1) is 19.9. The lowest BCUT2D eigenvalue weighted by Gasteiger charge is -2.14. The smallest absolute Gasteiger partial charge is 0.326 e. The van der Waals surface area contributed by atoms with Crippen LogP contribution in [0.4, 0.5) is 10.5 Å². The highest BCUT2D eigenvalue weighted by molar-refractivity contribution is 8.18. The lowest BCUT2D eigenvalue weighted by atomic mass is 10.2. The van der Waals surface area contributed by atoms with Gasteiger partial charge in [0.2, 0.25) is 0 Å². The number of carbonyl (C=O) groups is 3.